The van der Waals surface area contributed by atoms with Crippen LogP contribution in [0.3, 0.4) is 0 Å². The van der Waals surface area contributed by atoms with Gasteiger partial charge in [-0.05, 0) is 17.9 Å². The second-order valence-electron chi connectivity index (χ2n) is 6.40. The number of carboxylic acid groups (broad SMARTS) is 1. The highest BCUT2D eigenvalue weighted by Crippen LogP contribution is 2.40. The molecule has 0 spiro atoms. The second-order valence-corrected chi connectivity index (χ2v) is 7.59. The van der Waals surface area contributed by atoms with E-state index >= 15 is 0 Å². The summed E-state index contributed by atoms with van der Waals surface area (Å²) in [7, 11) is 0. The lowest BCUT2D eigenvalue weighted by Gasteiger charge is -2.24. The number of rotatable bonds is 7. The fourth-order valence-electron chi connectivity index (χ4n) is 2.06. The van der Waals surface area contributed by atoms with Gasteiger partial charge in [0.15, 0.2) is 5.75 Å². The summed E-state index contributed by atoms with van der Waals surface area (Å²) in [5.41, 5.74) is -0.677. The molecule has 0 unspecified atom stereocenters. The quantitative estimate of drug-likeness (QED) is 0.286. The summed E-state index contributed by atoms with van der Waals surface area (Å²) in [6.45, 7) is 6.01. The van der Waals surface area contributed by atoms with Crippen molar-refractivity contribution in [1.29, 1.82) is 0 Å². The number of carbonyl (C=O) groups is 3. The maximum absolute atomic E-state index is 12.5. The molecule has 0 aliphatic rings. The average molecular weight is 426 g/mol. The van der Waals surface area contributed by atoms with Crippen LogP contribution in [0.15, 0.2) is 6.07 Å². The van der Waals surface area contributed by atoms with Gasteiger partial charge in [-0.1, -0.05) is 68.4 Å². The van der Waals surface area contributed by atoms with Crippen molar-refractivity contribution < 1.29 is 29.0 Å². The van der Waals surface area contributed by atoms with Crippen molar-refractivity contribution in [3.8, 4) is 5.75 Å². The smallest absolute Gasteiger partial charge is 0.422 e. The summed E-state index contributed by atoms with van der Waals surface area (Å²) in [6.07, 6.45) is 2.81. The number of aliphatic carboxylic acids is 1. The molecule has 0 radical (unpaired) electrons. The van der Waals surface area contributed by atoms with E-state index < -0.39 is 29.2 Å². The zero-order valence-electron chi connectivity index (χ0n) is 14.5. The normalized spacial score (nSPS) is 11.2. The van der Waals surface area contributed by atoms with Gasteiger partial charge in [0.05, 0.1) is 21.7 Å². The molecule has 0 aliphatic heterocycles. The van der Waals surface area contributed by atoms with Crippen molar-refractivity contribution in [2.45, 2.75) is 40.0 Å². The number of ether oxygens (including phenoxy) is 2. The minimum atomic E-state index is -1.85. The molecule has 9 heteroatoms. The van der Waals surface area contributed by atoms with E-state index in [9.17, 15) is 14.4 Å². The first-order valence-corrected chi connectivity index (χ1v) is 8.93. The number of esters is 2. The van der Waals surface area contributed by atoms with Crippen molar-refractivity contribution in [3.63, 3.8) is 0 Å². The number of benzene rings is 1. The zero-order chi connectivity index (χ0) is 20.1. The molecule has 0 heterocycles. The maximum atomic E-state index is 12.5. The van der Waals surface area contributed by atoms with Crippen molar-refractivity contribution in [1.82, 2.24) is 0 Å². The molecule has 0 aromatic heterocycles. The van der Waals surface area contributed by atoms with E-state index in [1.165, 1.54) is 0 Å². The number of hydrogen-bond acceptors (Lipinski definition) is 5. The molecular weight excluding hydrogens is 407 g/mol. The lowest BCUT2D eigenvalue weighted by atomic mass is 9.88. The summed E-state index contributed by atoms with van der Waals surface area (Å²) in [6, 6.07) is 1.14. The average Bonchev–Trinajstić information content (AvgIpc) is 2.56. The maximum Gasteiger partial charge on any atom is 0.422 e. The van der Waals surface area contributed by atoms with Gasteiger partial charge in [0.1, 0.15) is 5.56 Å². The zero-order valence-corrected chi connectivity index (χ0v) is 16.8. The minimum Gasteiger partial charge on any atom is -0.473 e. The fourth-order valence-corrected chi connectivity index (χ4v) is 2.78. The molecule has 0 bridgehead atoms. The third-order valence-corrected chi connectivity index (χ3v) is 4.57. The van der Waals surface area contributed by atoms with E-state index in [2.05, 4.69) is 11.7 Å². The first-order chi connectivity index (χ1) is 12.0. The monoisotopic (exact) mass is 424 g/mol. The molecular formula is C17H19Cl3O6. The SMILES string of the molecule is CCCCC(C)(C)COC(=O)c1c(Cl)c(Cl)cc(Cl)c1OC(=O)C(=O)O. The molecule has 1 aromatic rings. The van der Waals surface area contributed by atoms with Crippen molar-refractivity contribution in [2.75, 3.05) is 6.61 Å². The van der Waals surface area contributed by atoms with Gasteiger partial charge < -0.3 is 14.6 Å². The van der Waals surface area contributed by atoms with Gasteiger partial charge >= 0.3 is 17.9 Å². The third-order valence-electron chi connectivity index (χ3n) is 3.50. The Hall–Kier alpha value is -1.50. The molecule has 6 nitrogen and oxygen atoms in total. The molecule has 0 atom stereocenters. The molecule has 1 N–H and O–H groups in total. The molecule has 0 fully saturated rings. The Kier molecular flexibility index (Phi) is 8.18. The molecule has 0 saturated heterocycles. The van der Waals surface area contributed by atoms with E-state index in [1.54, 1.807) is 0 Å². The van der Waals surface area contributed by atoms with Crippen LogP contribution in [0.1, 0.15) is 50.4 Å². The molecule has 0 aliphatic carbocycles. The lowest BCUT2D eigenvalue weighted by molar-refractivity contribution is -0.158. The molecule has 1 rings (SSSR count). The fraction of sp³-hybridized carbons (Fsp3) is 0.471. The number of carbonyl (C=O) groups excluding carboxylic acids is 2. The standard InChI is InChI=1S/C17H19Cl3O6/c1-4-5-6-17(2,3)8-25-15(23)11-12(20)9(18)7-10(19)13(11)26-16(24)14(21)22/h7H,4-6,8H2,1-3H3,(H,21,22). The second kappa shape index (κ2) is 9.44. The summed E-state index contributed by atoms with van der Waals surface area (Å²) < 4.78 is 9.96. The Balaban J connectivity index is 3.14. The van der Waals surface area contributed by atoms with Gasteiger partial charge in [-0.3, -0.25) is 0 Å². The number of halogens is 3. The van der Waals surface area contributed by atoms with Crippen LogP contribution in [-0.4, -0.2) is 29.6 Å². The highest BCUT2D eigenvalue weighted by molar-refractivity contribution is 6.46. The van der Waals surface area contributed by atoms with E-state index in [1.807, 2.05) is 13.8 Å². The summed E-state index contributed by atoms with van der Waals surface area (Å²) >= 11 is 17.9. The van der Waals surface area contributed by atoms with Gasteiger partial charge in [-0.25, -0.2) is 14.4 Å². The summed E-state index contributed by atoms with van der Waals surface area (Å²) in [4.78, 5) is 34.6. The van der Waals surface area contributed by atoms with Crippen LogP contribution in [0.25, 0.3) is 0 Å². The van der Waals surface area contributed by atoms with E-state index in [0.29, 0.717) is 0 Å². The molecule has 1 aromatic carbocycles. The van der Waals surface area contributed by atoms with Crippen LogP contribution in [0, 0.1) is 5.41 Å². The Bertz CT molecular complexity index is 715. The molecule has 0 amide bonds. The Morgan fingerprint density at radius 3 is 2.31 bits per heavy atom. The van der Waals surface area contributed by atoms with E-state index in [0.717, 1.165) is 25.3 Å². The third kappa shape index (κ3) is 6.04. The van der Waals surface area contributed by atoms with Crippen molar-refractivity contribution in [3.05, 3.63) is 26.7 Å². The van der Waals surface area contributed by atoms with Gasteiger partial charge in [-0.2, -0.15) is 0 Å². The molecule has 144 valence electrons. The van der Waals surface area contributed by atoms with Crippen molar-refractivity contribution in [2.24, 2.45) is 5.41 Å². The molecule has 26 heavy (non-hydrogen) atoms. The van der Waals surface area contributed by atoms with E-state index in [4.69, 9.17) is 44.6 Å². The van der Waals surface area contributed by atoms with Gasteiger partial charge in [-0.15, -0.1) is 0 Å². The van der Waals surface area contributed by atoms with Crippen LogP contribution in [0.4, 0.5) is 0 Å². The number of unbranched alkanes of at least 4 members (excludes halogenated alkanes) is 1. The first-order valence-electron chi connectivity index (χ1n) is 7.80. The van der Waals surface area contributed by atoms with Crippen LogP contribution in [-0.2, 0) is 14.3 Å². The minimum absolute atomic E-state index is 0.0658. The van der Waals surface area contributed by atoms with Crippen LogP contribution in [0.5, 0.6) is 5.75 Å². The predicted molar refractivity (Wildman–Crippen MR) is 98.3 cm³/mol. The van der Waals surface area contributed by atoms with Crippen LogP contribution < -0.4 is 4.74 Å². The van der Waals surface area contributed by atoms with Crippen molar-refractivity contribution >= 4 is 52.7 Å². The molecule has 0 saturated carbocycles. The van der Waals surface area contributed by atoms with Gasteiger partial charge in [0, 0.05) is 0 Å². The van der Waals surface area contributed by atoms with Crippen LogP contribution >= 0.6 is 34.8 Å². The number of hydrogen-bond donors (Lipinski definition) is 1. The Labute approximate surface area is 166 Å². The number of carboxylic acids is 1. The highest BCUT2D eigenvalue weighted by Gasteiger charge is 2.29. The van der Waals surface area contributed by atoms with Gasteiger partial charge in [0.2, 0.25) is 0 Å². The lowest BCUT2D eigenvalue weighted by Crippen LogP contribution is -2.24. The Morgan fingerprint density at radius 1 is 1.15 bits per heavy atom. The van der Waals surface area contributed by atoms with Crippen LogP contribution in [0.2, 0.25) is 15.1 Å². The Morgan fingerprint density at radius 2 is 1.77 bits per heavy atom. The van der Waals surface area contributed by atoms with E-state index in [-0.39, 0.29) is 27.1 Å². The first kappa shape index (κ1) is 22.5. The highest BCUT2D eigenvalue weighted by atomic mass is 35.5. The topological polar surface area (TPSA) is 89.9 Å². The summed E-state index contributed by atoms with van der Waals surface area (Å²) in [5, 5.41) is 8.13. The largest absolute Gasteiger partial charge is 0.473 e. The predicted octanol–water partition coefficient (Wildman–Crippen LogP) is 5.01. The van der Waals surface area contributed by atoms with Gasteiger partial charge in [0.25, 0.3) is 0 Å². The summed E-state index contributed by atoms with van der Waals surface area (Å²) in [5.74, 6) is -4.91.